The van der Waals surface area contributed by atoms with Crippen molar-refractivity contribution < 1.29 is 0 Å². The van der Waals surface area contributed by atoms with Crippen molar-refractivity contribution in [3.05, 3.63) is 57.6 Å². The van der Waals surface area contributed by atoms with Gasteiger partial charge in [-0.25, -0.2) is 0 Å². The Kier molecular flexibility index (Phi) is 3.76. The number of nitrogens with zero attached hydrogens (tertiary/aromatic N) is 1. The zero-order chi connectivity index (χ0) is 13.1. The van der Waals surface area contributed by atoms with Crippen LogP contribution in [0.4, 0.5) is 11.4 Å². The van der Waals surface area contributed by atoms with E-state index in [1.807, 2.05) is 37.3 Å². The second-order valence-corrected chi connectivity index (χ2v) is 4.73. The van der Waals surface area contributed by atoms with Gasteiger partial charge < -0.3 is 5.32 Å². The van der Waals surface area contributed by atoms with E-state index < -0.39 is 0 Å². The highest BCUT2D eigenvalue weighted by molar-refractivity contribution is 6.32. The molecule has 90 valence electrons. The van der Waals surface area contributed by atoms with Gasteiger partial charge in [-0.3, -0.25) is 0 Å². The molecule has 0 aliphatic rings. The third-order valence-corrected chi connectivity index (χ3v) is 3.12. The number of rotatable bonds is 2. The summed E-state index contributed by atoms with van der Waals surface area (Å²) in [6.07, 6.45) is 0. The number of anilines is 2. The molecule has 0 heterocycles. The van der Waals surface area contributed by atoms with E-state index in [4.69, 9.17) is 28.5 Å². The van der Waals surface area contributed by atoms with E-state index in [2.05, 4.69) is 5.32 Å². The highest BCUT2D eigenvalue weighted by Crippen LogP contribution is 2.26. The van der Waals surface area contributed by atoms with Crippen LogP contribution in [0.2, 0.25) is 10.0 Å². The molecule has 2 rings (SSSR count). The molecule has 18 heavy (non-hydrogen) atoms. The molecule has 0 atom stereocenters. The summed E-state index contributed by atoms with van der Waals surface area (Å²) in [6.45, 7) is 1.99. The fourth-order valence-electron chi connectivity index (χ4n) is 1.57. The van der Waals surface area contributed by atoms with Gasteiger partial charge >= 0.3 is 0 Å². The van der Waals surface area contributed by atoms with Crippen molar-refractivity contribution in [1.29, 1.82) is 5.26 Å². The van der Waals surface area contributed by atoms with Gasteiger partial charge in [-0.15, -0.1) is 0 Å². The summed E-state index contributed by atoms with van der Waals surface area (Å²) < 4.78 is 0. The minimum absolute atomic E-state index is 0.433. The number of benzene rings is 2. The van der Waals surface area contributed by atoms with E-state index in [9.17, 15) is 0 Å². The molecule has 0 saturated carbocycles. The molecule has 0 amide bonds. The molecule has 0 saturated heterocycles. The summed E-state index contributed by atoms with van der Waals surface area (Å²) in [5.41, 5.74) is 3.29. The van der Waals surface area contributed by atoms with E-state index in [1.165, 1.54) is 0 Å². The topological polar surface area (TPSA) is 35.8 Å². The lowest BCUT2D eigenvalue weighted by molar-refractivity contribution is 1.42. The second kappa shape index (κ2) is 5.30. The van der Waals surface area contributed by atoms with Gasteiger partial charge in [0, 0.05) is 16.4 Å². The maximum absolute atomic E-state index is 8.81. The van der Waals surface area contributed by atoms with E-state index in [-0.39, 0.29) is 0 Å². The molecule has 0 bridgehead atoms. The van der Waals surface area contributed by atoms with Crippen LogP contribution < -0.4 is 5.32 Å². The molecule has 0 radical (unpaired) electrons. The SMILES string of the molecule is Cc1ccc(Cl)cc1Nc1ccc(C#N)c(Cl)c1. The number of halogens is 2. The molecule has 2 nitrogen and oxygen atoms in total. The van der Waals surface area contributed by atoms with Gasteiger partial charge in [0.15, 0.2) is 0 Å². The first-order valence-corrected chi connectivity index (χ1v) is 6.08. The largest absolute Gasteiger partial charge is 0.355 e. The van der Waals surface area contributed by atoms with Gasteiger partial charge in [-0.05, 0) is 42.8 Å². The lowest BCUT2D eigenvalue weighted by atomic mass is 10.1. The fourth-order valence-corrected chi connectivity index (χ4v) is 1.96. The van der Waals surface area contributed by atoms with Crippen molar-refractivity contribution in [2.24, 2.45) is 0 Å². The quantitative estimate of drug-likeness (QED) is 0.845. The third-order valence-electron chi connectivity index (χ3n) is 2.57. The van der Waals surface area contributed by atoms with Crippen LogP contribution in [0.3, 0.4) is 0 Å². The van der Waals surface area contributed by atoms with Crippen LogP contribution in [-0.4, -0.2) is 0 Å². The molecule has 0 aromatic heterocycles. The molecule has 0 aliphatic heterocycles. The van der Waals surface area contributed by atoms with E-state index in [1.54, 1.807) is 12.1 Å². The Morgan fingerprint density at radius 1 is 1.11 bits per heavy atom. The number of hydrogen-bond donors (Lipinski definition) is 1. The van der Waals surface area contributed by atoms with Gasteiger partial charge in [0.2, 0.25) is 0 Å². The minimum atomic E-state index is 0.433. The molecule has 4 heteroatoms. The molecule has 1 N–H and O–H groups in total. The summed E-state index contributed by atoms with van der Waals surface area (Å²) in [7, 11) is 0. The van der Waals surface area contributed by atoms with Crippen LogP contribution in [0.5, 0.6) is 0 Å². The Hall–Kier alpha value is -1.69. The smallest absolute Gasteiger partial charge is 0.101 e. The minimum Gasteiger partial charge on any atom is -0.355 e. The summed E-state index contributed by atoms with van der Waals surface area (Å²) in [5, 5.41) is 13.1. The molecule has 0 aliphatic carbocycles. The Morgan fingerprint density at radius 2 is 1.89 bits per heavy atom. The Morgan fingerprint density at radius 3 is 2.56 bits per heavy atom. The number of aryl methyl sites for hydroxylation is 1. The Bertz CT molecular complexity index is 630. The molecule has 0 fully saturated rings. The average molecular weight is 277 g/mol. The number of nitriles is 1. The average Bonchev–Trinajstić information content (AvgIpc) is 2.34. The lowest BCUT2D eigenvalue weighted by Crippen LogP contribution is -1.93. The van der Waals surface area contributed by atoms with Crippen molar-refractivity contribution in [1.82, 2.24) is 0 Å². The zero-order valence-electron chi connectivity index (χ0n) is 9.67. The monoisotopic (exact) mass is 276 g/mol. The lowest BCUT2D eigenvalue weighted by Gasteiger charge is -2.10. The highest BCUT2D eigenvalue weighted by atomic mass is 35.5. The highest BCUT2D eigenvalue weighted by Gasteiger charge is 2.03. The number of nitrogens with one attached hydrogen (secondary N) is 1. The Labute approximate surface area is 116 Å². The van der Waals surface area contributed by atoms with Gasteiger partial charge in [-0.1, -0.05) is 29.3 Å². The maximum Gasteiger partial charge on any atom is 0.101 e. The first kappa shape index (κ1) is 12.8. The van der Waals surface area contributed by atoms with Crippen LogP contribution in [0, 0.1) is 18.3 Å². The second-order valence-electron chi connectivity index (χ2n) is 3.89. The maximum atomic E-state index is 8.81. The number of hydrogen-bond acceptors (Lipinski definition) is 2. The van der Waals surface area contributed by atoms with Crippen molar-refractivity contribution in [3.63, 3.8) is 0 Å². The summed E-state index contributed by atoms with van der Waals surface area (Å²) >= 11 is 11.9. The van der Waals surface area contributed by atoms with Gasteiger partial charge in [0.25, 0.3) is 0 Å². The van der Waals surface area contributed by atoms with Crippen LogP contribution >= 0.6 is 23.2 Å². The first-order chi connectivity index (χ1) is 8.60. The van der Waals surface area contributed by atoms with Crippen molar-refractivity contribution in [2.45, 2.75) is 6.92 Å². The van der Waals surface area contributed by atoms with Crippen LogP contribution in [0.25, 0.3) is 0 Å². The van der Waals surface area contributed by atoms with Gasteiger partial charge in [0.1, 0.15) is 6.07 Å². The molecule has 0 unspecified atom stereocenters. The van der Waals surface area contributed by atoms with Gasteiger partial charge in [0.05, 0.1) is 10.6 Å². The van der Waals surface area contributed by atoms with Crippen LogP contribution in [0.1, 0.15) is 11.1 Å². The normalized spacial score (nSPS) is 9.89. The van der Waals surface area contributed by atoms with E-state index >= 15 is 0 Å². The van der Waals surface area contributed by atoms with Crippen molar-refractivity contribution in [3.8, 4) is 6.07 Å². The Balaban J connectivity index is 2.32. The molecule has 0 spiro atoms. The van der Waals surface area contributed by atoms with Crippen molar-refractivity contribution in [2.75, 3.05) is 5.32 Å². The molecule has 2 aromatic carbocycles. The molecular weight excluding hydrogens is 267 g/mol. The molecule has 2 aromatic rings. The summed E-state index contributed by atoms with van der Waals surface area (Å²) in [6, 6.07) is 12.9. The molecular formula is C14H10Cl2N2. The van der Waals surface area contributed by atoms with Crippen molar-refractivity contribution >= 4 is 34.6 Å². The first-order valence-electron chi connectivity index (χ1n) is 5.33. The summed E-state index contributed by atoms with van der Waals surface area (Å²) in [4.78, 5) is 0. The van der Waals surface area contributed by atoms with E-state index in [0.717, 1.165) is 16.9 Å². The zero-order valence-corrected chi connectivity index (χ0v) is 11.2. The predicted molar refractivity (Wildman–Crippen MR) is 75.6 cm³/mol. The third kappa shape index (κ3) is 2.76. The van der Waals surface area contributed by atoms with E-state index in [0.29, 0.717) is 15.6 Å². The van der Waals surface area contributed by atoms with Crippen LogP contribution in [0.15, 0.2) is 36.4 Å². The van der Waals surface area contributed by atoms with Crippen LogP contribution in [-0.2, 0) is 0 Å². The summed E-state index contributed by atoms with van der Waals surface area (Å²) in [5.74, 6) is 0. The predicted octanol–water partition coefficient (Wildman–Crippen LogP) is 4.92. The fraction of sp³-hybridized carbons (Fsp3) is 0.0714. The van der Waals surface area contributed by atoms with Gasteiger partial charge in [-0.2, -0.15) is 5.26 Å². The standard InChI is InChI=1S/C14H10Cl2N2/c1-9-2-4-11(15)6-14(9)18-12-5-3-10(8-17)13(16)7-12/h2-7,18H,1H3.